The highest BCUT2D eigenvalue weighted by molar-refractivity contribution is 5.61. The van der Waals surface area contributed by atoms with Gasteiger partial charge in [-0.05, 0) is 43.9 Å². The van der Waals surface area contributed by atoms with Crippen molar-refractivity contribution in [2.75, 3.05) is 25.1 Å². The second kappa shape index (κ2) is 6.69. The fraction of sp³-hybridized carbons (Fsp3) is 0.667. The molecule has 1 aliphatic rings. The molecule has 0 spiro atoms. The van der Waals surface area contributed by atoms with E-state index in [1.165, 1.54) is 11.3 Å². The molecule has 1 aromatic rings. The zero-order chi connectivity index (χ0) is 15.5. The molecule has 0 aliphatic carbocycles. The number of nitrogens with one attached hydrogen (secondary N) is 1. The Bertz CT molecular complexity index is 468. The molecule has 1 heterocycles. The number of piperazine rings is 1. The predicted molar refractivity (Wildman–Crippen MR) is 90.5 cm³/mol. The van der Waals surface area contributed by atoms with Crippen molar-refractivity contribution in [2.45, 2.75) is 58.5 Å². The average Bonchev–Trinajstić information content (AvgIpc) is 2.54. The molecule has 118 valence electrons. The minimum absolute atomic E-state index is 0.223. The summed E-state index contributed by atoms with van der Waals surface area (Å²) in [6.07, 6.45) is 3.46. The molecule has 2 rings (SSSR count). The van der Waals surface area contributed by atoms with Gasteiger partial charge in [0.2, 0.25) is 0 Å². The average molecular weight is 290 g/mol. The summed E-state index contributed by atoms with van der Waals surface area (Å²) in [6, 6.07) is 7.02. The van der Waals surface area contributed by atoms with E-state index in [4.69, 9.17) is 4.74 Å². The van der Waals surface area contributed by atoms with E-state index in [0.29, 0.717) is 6.04 Å². The highest BCUT2D eigenvalue weighted by Gasteiger charge is 2.37. The zero-order valence-corrected chi connectivity index (χ0v) is 14.2. The Morgan fingerprint density at radius 1 is 1.29 bits per heavy atom. The quantitative estimate of drug-likeness (QED) is 0.894. The largest absolute Gasteiger partial charge is 0.495 e. The van der Waals surface area contributed by atoms with Gasteiger partial charge in [-0.15, -0.1) is 0 Å². The first-order valence-corrected chi connectivity index (χ1v) is 8.25. The Hall–Kier alpha value is -1.22. The molecule has 0 aromatic heterocycles. The minimum Gasteiger partial charge on any atom is -0.495 e. The molecule has 1 aliphatic heterocycles. The van der Waals surface area contributed by atoms with Crippen LogP contribution in [0.3, 0.4) is 0 Å². The van der Waals surface area contributed by atoms with Crippen molar-refractivity contribution in [3.05, 3.63) is 23.8 Å². The number of nitrogens with zero attached hydrogens (tertiary/aromatic N) is 1. The number of hydrogen-bond donors (Lipinski definition) is 1. The van der Waals surface area contributed by atoms with E-state index in [2.05, 4.69) is 56.1 Å². The molecule has 1 unspecified atom stereocenters. The van der Waals surface area contributed by atoms with E-state index in [-0.39, 0.29) is 5.54 Å². The molecule has 3 nitrogen and oxygen atoms in total. The SMILES string of the molecule is CCC1CNC(CC)(CC)CN1c1cc(C)ccc1OC. The van der Waals surface area contributed by atoms with Crippen LogP contribution in [0, 0.1) is 6.92 Å². The third kappa shape index (κ3) is 3.18. The lowest BCUT2D eigenvalue weighted by Crippen LogP contribution is -2.64. The third-order valence-corrected chi connectivity index (χ3v) is 5.10. The number of methoxy groups -OCH3 is 1. The van der Waals surface area contributed by atoms with Gasteiger partial charge in [-0.3, -0.25) is 0 Å². The smallest absolute Gasteiger partial charge is 0.142 e. The van der Waals surface area contributed by atoms with Crippen LogP contribution in [0.15, 0.2) is 18.2 Å². The molecular weight excluding hydrogens is 260 g/mol. The topological polar surface area (TPSA) is 24.5 Å². The lowest BCUT2D eigenvalue weighted by atomic mass is 9.87. The molecule has 3 heteroatoms. The van der Waals surface area contributed by atoms with Crippen molar-refractivity contribution in [3.8, 4) is 5.75 Å². The van der Waals surface area contributed by atoms with Crippen molar-refractivity contribution in [1.82, 2.24) is 5.32 Å². The number of benzene rings is 1. The Morgan fingerprint density at radius 3 is 2.57 bits per heavy atom. The van der Waals surface area contributed by atoms with Crippen LogP contribution in [0.2, 0.25) is 0 Å². The fourth-order valence-electron chi connectivity index (χ4n) is 3.35. The standard InChI is InChI=1S/C18H30N2O/c1-6-15-12-19-18(7-2,8-3)13-20(15)16-11-14(4)9-10-17(16)21-5/h9-11,15,19H,6-8,12-13H2,1-5H3. The van der Waals surface area contributed by atoms with Gasteiger partial charge >= 0.3 is 0 Å². The van der Waals surface area contributed by atoms with Crippen molar-refractivity contribution < 1.29 is 4.74 Å². The van der Waals surface area contributed by atoms with E-state index < -0.39 is 0 Å². The first-order valence-electron chi connectivity index (χ1n) is 8.25. The lowest BCUT2D eigenvalue weighted by Gasteiger charge is -2.48. The van der Waals surface area contributed by atoms with Gasteiger partial charge in [0.15, 0.2) is 0 Å². The van der Waals surface area contributed by atoms with Crippen LogP contribution in [-0.2, 0) is 0 Å². The van der Waals surface area contributed by atoms with E-state index in [1.54, 1.807) is 7.11 Å². The molecule has 21 heavy (non-hydrogen) atoms. The van der Waals surface area contributed by atoms with E-state index >= 15 is 0 Å². The van der Waals surface area contributed by atoms with Gasteiger partial charge < -0.3 is 15.0 Å². The molecular formula is C18H30N2O. The molecule has 0 saturated carbocycles. The summed E-state index contributed by atoms with van der Waals surface area (Å²) < 4.78 is 5.62. The van der Waals surface area contributed by atoms with Crippen LogP contribution in [0.4, 0.5) is 5.69 Å². The lowest BCUT2D eigenvalue weighted by molar-refractivity contribution is 0.245. The molecule has 1 N–H and O–H groups in total. The monoisotopic (exact) mass is 290 g/mol. The predicted octanol–water partition coefficient (Wildman–Crippen LogP) is 3.75. The maximum Gasteiger partial charge on any atom is 0.142 e. The maximum atomic E-state index is 5.62. The second-order valence-electron chi connectivity index (χ2n) is 6.23. The van der Waals surface area contributed by atoms with Gasteiger partial charge in [-0.2, -0.15) is 0 Å². The Balaban J connectivity index is 2.39. The number of rotatable bonds is 5. The van der Waals surface area contributed by atoms with Gasteiger partial charge in [0.05, 0.1) is 12.8 Å². The first kappa shape index (κ1) is 16.2. The Labute approximate surface area is 129 Å². The fourth-order valence-corrected chi connectivity index (χ4v) is 3.35. The molecule has 1 atom stereocenters. The number of hydrogen-bond acceptors (Lipinski definition) is 3. The van der Waals surface area contributed by atoms with Crippen LogP contribution >= 0.6 is 0 Å². The molecule has 1 aromatic carbocycles. The summed E-state index contributed by atoms with van der Waals surface area (Å²) in [7, 11) is 1.77. The van der Waals surface area contributed by atoms with Gasteiger partial charge in [-0.1, -0.05) is 26.8 Å². The molecule has 0 amide bonds. The minimum atomic E-state index is 0.223. The first-order chi connectivity index (χ1) is 10.1. The van der Waals surface area contributed by atoms with Crippen molar-refractivity contribution in [3.63, 3.8) is 0 Å². The van der Waals surface area contributed by atoms with Gasteiger partial charge in [0, 0.05) is 24.7 Å². The second-order valence-corrected chi connectivity index (χ2v) is 6.23. The summed E-state index contributed by atoms with van der Waals surface area (Å²) >= 11 is 0. The zero-order valence-electron chi connectivity index (χ0n) is 14.2. The van der Waals surface area contributed by atoms with Gasteiger partial charge in [0.1, 0.15) is 5.75 Å². The Kier molecular flexibility index (Phi) is 5.15. The summed E-state index contributed by atoms with van der Waals surface area (Å²) in [5.41, 5.74) is 2.76. The number of anilines is 1. The maximum absolute atomic E-state index is 5.62. The van der Waals surface area contributed by atoms with E-state index in [1.807, 2.05) is 0 Å². The van der Waals surface area contributed by atoms with Crippen LogP contribution in [0.1, 0.15) is 45.6 Å². The Morgan fingerprint density at radius 2 is 2.00 bits per heavy atom. The third-order valence-electron chi connectivity index (χ3n) is 5.10. The van der Waals surface area contributed by atoms with E-state index in [9.17, 15) is 0 Å². The van der Waals surface area contributed by atoms with E-state index in [0.717, 1.165) is 38.1 Å². The highest BCUT2D eigenvalue weighted by atomic mass is 16.5. The number of aryl methyl sites for hydroxylation is 1. The molecule has 1 saturated heterocycles. The normalized spacial score (nSPS) is 21.4. The van der Waals surface area contributed by atoms with Crippen molar-refractivity contribution in [1.29, 1.82) is 0 Å². The summed E-state index contributed by atoms with van der Waals surface area (Å²) in [4.78, 5) is 2.56. The highest BCUT2D eigenvalue weighted by Crippen LogP contribution is 2.35. The van der Waals surface area contributed by atoms with Crippen LogP contribution in [0.25, 0.3) is 0 Å². The molecule has 0 radical (unpaired) electrons. The van der Waals surface area contributed by atoms with Crippen LogP contribution in [0.5, 0.6) is 5.75 Å². The van der Waals surface area contributed by atoms with Gasteiger partial charge in [-0.25, -0.2) is 0 Å². The summed E-state index contributed by atoms with van der Waals surface area (Å²) in [5.74, 6) is 0.988. The van der Waals surface area contributed by atoms with Crippen molar-refractivity contribution in [2.24, 2.45) is 0 Å². The van der Waals surface area contributed by atoms with Crippen LogP contribution < -0.4 is 15.0 Å². The molecule has 0 bridgehead atoms. The van der Waals surface area contributed by atoms with Crippen LogP contribution in [-0.4, -0.2) is 31.8 Å². The molecule has 1 fully saturated rings. The summed E-state index contributed by atoms with van der Waals surface area (Å²) in [5, 5.41) is 3.80. The van der Waals surface area contributed by atoms with Crippen molar-refractivity contribution >= 4 is 5.69 Å². The van der Waals surface area contributed by atoms with Gasteiger partial charge in [0.25, 0.3) is 0 Å². The number of ether oxygens (including phenoxy) is 1. The summed E-state index contributed by atoms with van der Waals surface area (Å²) in [6.45, 7) is 11.1.